The van der Waals surface area contributed by atoms with Gasteiger partial charge in [-0.3, -0.25) is 9.69 Å². The van der Waals surface area contributed by atoms with Gasteiger partial charge in [0, 0.05) is 24.7 Å². The first-order valence-electron chi connectivity index (χ1n) is 6.56. The number of carbonyl (C=O) groups excluding carboxylic acids is 1. The molecule has 1 saturated heterocycles. The van der Waals surface area contributed by atoms with Crippen molar-refractivity contribution in [2.75, 3.05) is 6.54 Å². The van der Waals surface area contributed by atoms with Gasteiger partial charge >= 0.3 is 5.97 Å². The van der Waals surface area contributed by atoms with Gasteiger partial charge in [0.05, 0.1) is 17.8 Å². The maximum absolute atomic E-state index is 12.1. The highest BCUT2D eigenvalue weighted by Gasteiger charge is 2.49. The lowest BCUT2D eigenvalue weighted by Gasteiger charge is -2.36. The minimum Gasteiger partial charge on any atom is -0.477 e. The first kappa shape index (κ1) is 12.7. The Kier molecular flexibility index (Phi) is 2.69. The molecule has 3 aliphatic heterocycles. The number of amides is 1. The van der Waals surface area contributed by atoms with Crippen LogP contribution in [-0.4, -0.2) is 43.4 Å². The second-order valence-corrected chi connectivity index (χ2v) is 5.98. The summed E-state index contributed by atoms with van der Waals surface area (Å²) in [5, 5.41) is 13.6. The topological polar surface area (TPSA) is 87.5 Å². The van der Waals surface area contributed by atoms with E-state index in [1.165, 1.54) is 22.1 Å². The number of carboxylic acid groups (broad SMARTS) is 1. The summed E-state index contributed by atoms with van der Waals surface area (Å²) in [6.07, 6.45) is 3.70. The fourth-order valence-corrected chi connectivity index (χ4v) is 3.82. The normalized spacial score (nSPS) is 25.4. The molecule has 21 heavy (non-hydrogen) atoms. The van der Waals surface area contributed by atoms with Crippen LogP contribution in [0.15, 0.2) is 22.9 Å². The molecule has 7 nitrogen and oxygen atoms in total. The lowest BCUT2D eigenvalue weighted by molar-refractivity contribution is -0.141. The molecule has 1 atom stereocenters. The van der Waals surface area contributed by atoms with E-state index in [2.05, 4.69) is 14.9 Å². The zero-order valence-corrected chi connectivity index (χ0v) is 11.8. The number of nitrogens with one attached hydrogen (secondary N) is 1. The zero-order chi connectivity index (χ0) is 14.6. The number of β-lactam (4-membered cyclic amide) rings is 1. The number of hydrogen-bond donors (Lipinski definition) is 2. The van der Waals surface area contributed by atoms with Crippen LogP contribution in [0.3, 0.4) is 0 Å². The maximum Gasteiger partial charge on any atom is 0.353 e. The molecule has 1 aromatic rings. The number of imidazole rings is 1. The Morgan fingerprint density at radius 2 is 2.43 bits per heavy atom. The van der Waals surface area contributed by atoms with Gasteiger partial charge in [-0.15, -0.1) is 11.8 Å². The third-order valence-corrected chi connectivity index (χ3v) is 4.83. The summed E-state index contributed by atoms with van der Waals surface area (Å²) < 4.78 is 2.08. The van der Waals surface area contributed by atoms with Gasteiger partial charge in [0.15, 0.2) is 0 Å². The number of carboxylic acids is 1. The third kappa shape index (κ3) is 1.83. The summed E-state index contributed by atoms with van der Waals surface area (Å²) in [4.78, 5) is 28.9. The molecular formula is C13H12N4O3S. The molecular weight excluding hydrogens is 292 g/mol. The highest BCUT2D eigenvalue weighted by Crippen LogP contribution is 2.44. The number of carbonyl (C=O) groups is 2. The predicted molar refractivity (Wildman–Crippen MR) is 75.9 cm³/mol. The van der Waals surface area contributed by atoms with Crippen LogP contribution < -0.4 is 5.32 Å². The summed E-state index contributed by atoms with van der Waals surface area (Å²) >= 11 is 1.34. The Bertz CT molecular complexity index is 697. The van der Waals surface area contributed by atoms with E-state index in [1.807, 2.05) is 6.20 Å². The van der Waals surface area contributed by atoms with E-state index in [0.717, 1.165) is 31.2 Å². The van der Waals surface area contributed by atoms with Crippen molar-refractivity contribution in [1.82, 2.24) is 19.8 Å². The molecule has 1 fully saturated rings. The Morgan fingerprint density at radius 3 is 3.19 bits per heavy atom. The number of hydrogen-bond acceptors (Lipinski definition) is 5. The van der Waals surface area contributed by atoms with Gasteiger partial charge in [-0.2, -0.15) is 0 Å². The first-order chi connectivity index (χ1) is 10.1. The number of aromatic nitrogens is 2. The average molecular weight is 304 g/mol. The highest BCUT2D eigenvalue weighted by atomic mass is 32.2. The van der Waals surface area contributed by atoms with E-state index in [1.54, 1.807) is 6.08 Å². The van der Waals surface area contributed by atoms with Crippen molar-refractivity contribution in [1.29, 1.82) is 0 Å². The minimum atomic E-state index is -1.07. The van der Waals surface area contributed by atoms with Crippen molar-refractivity contribution in [3.8, 4) is 0 Å². The molecule has 0 radical (unpaired) electrons. The van der Waals surface area contributed by atoms with E-state index in [-0.39, 0.29) is 17.0 Å². The van der Waals surface area contributed by atoms with E-state index in [4.69, 9.17) is 5.11 Å². The summed E-state index contributed by atoms with van der Waals surface area (Å²) in [6.45, 7) is 2.51. The van der Waals surface area contributed by atoms with E-state index in [0.29, 0.717) is 5.57 Å². The molecule has 0 unspecified atom stereocenters. The summed E-state index contributed by atoms with van der Waals surface area (Å²) in [5.41, 5.74) is 1.41. The van der Waals surface area contributed by atoms with E-state index >= 15 is 0 Å². The summed E-state index contributed by atoms with van der Waals surface area (Å²) in [5.74, 6) is -0.358. The van der Waals surface area contributed by atoms with Gasteiger partial charge in [-0.25, -0.2) is 9.78 Å². The van der Waals surface area contributed by atoms with Crippen LogP contribution in [0.4, 0.5) is 0 Å². The molecule has 8 heteroatoms. The van der Waals surface area contributed by atoms with Crippen LogP contribution in [0.2, 0.25) is 0 Å². The van der Waals surface area contributed by atoms with Crippen molar-refractivity contribution in [2.45, 2.75) is 18.5 Å². The molecule has 1 amide bonds. The second kappa shape index (κ2) is 4.47. The third-order valence-electron chi connectivity index (χ3n) is 3.75. The standard InChI is InChI=1S/C13H12N4O3S/c18-11-8(12-17(11)9(6-21-12)13(19)20)3-7-5-16-2-1-14-4-10(16)15-7/h3,5-6,12,14H,1-2,4H2,(H,19,20)/b8-3-/t12-/m1/s1. The molecule has 3 aliphatic rings. The predicted octanol–water partition coefficient (Wildman–Crippen LogP) is 0.211. The zero-order valence-electron chi connectivity index (χ0n) is 10.9. The molecule has 0 saturated carbocycles. The van der Waals surface area contributed by atoms with Crippen LogP contribution in [0.5, 0.6) is 0 Å². The quantitative estimate of drug-likeness (QED) is 0.600. The number of aliphatic carboxylic acids is 1. The van der Waals surface area contributed by atoms with Gasteiger partial charge in [0.1, 0.15) is 16.9 Å². The first-order valence-corrected chi connectivity index (χ1v) is 7.50. The largest absolute Gasteiger partial charge is 0.477 e. The molecule has 1 aromatic heterocycles. The number of fused-ring (bicyclic) bond motifs is 2. The van der Waals surface area contributed by atoms with Gasteiger partial charge in [-0.1, -0.05) is 0 Å². The monoisotopic (exact) mass is 304 g/mol. The fourth-order valence-electron chi connectivity index (χ4n) is 2.71. The molecule has 4 heterocycles. The minimum absolute atomic E-state index is 0.0560. The van der Waals surface area contributed by atoms with Gasteiger partial charge in [0.2, 0.25) is 0 Å². The Morgan fingerprint density at radius 1 is 1.57 bits per heavy atom. The smallest absolute Gasteiger partial charge is 0.353 e. The van der Waals surface area contributed by atoms with Crippen LogP contribution in [0.1, 0.15) is 11.5 Å². The fraction of sp³-hybridized carbons (Fsp3) is 0.308. The van der Waals surface area contributed by atoms with Crippen LogP contribution >= 0.6 is 11.8 Å². The van der Waals surface area contributed by atoms with Crippen molar-refractivity contribution in [3.05, 3.63) is 34.4 Å². The Balaban J connectivity index is 1.60. The molecule has 2 N–H and O–H groups in total. The van der Waals surface area contributed by atoms with Crippen molar-refractivity contribution in [2.24, 2.45) is 0 Å². The molecule has 108 valence electrons. The number of nitrogens with zero attached hydrogens (tertiary/aromatic N) is 3. The van der Waals surface area contributed by atoms with Crippen LogP contribution in [-0.2, 0) is 22.7 Å². The van der Waals surface area contributed by atoms with Gasteiger partial charge < -0.3 is 15.0 Å². The molecule has 0 aromatic carbocycles. The lowest BCUT2D eigenvalue weighted by Crippen LogP contribution is -2.51. The second-order valence-electron chi connectivity index (χ2n) is 5.02. The summed E-state index contributed by atoms with van der Waals surface area (Å²) in [7, 11) is 0. The van der Waals surface area contributed by atoms with E-state index < -0.39 is 5.97 Å². The number of thioether (sulfide) groups is 1. The van der Waals surface area contributed by atoms with E-state index in [9.17, 15) is 9.59 Å². The Labute approximate surface area is 124 Å². The van der Waals surface area contributed by atoms with Gasteiger partial charge in [0.25, 0.3) is 5.91 Å². The Hall–Kier alpha value is -2.06. The lowest BCUT2D eigenvalue weighted by atomic mass is 10.0. The molecule has 0 aliphatic carbocycles. The molecule has 0 spiro atoms. The highest BCUT2D eigenvalue weighted by molar-refractivity contribution is 8.03. The van der Waals surface area contributed by atoms with Crippen molar-refractivity contribution >= 4 is 29.7 Å². The summed E-state index contributed by atoms with van der Waals surface area (Å²) in [6, 6.07) is 0. The SMILES string of the molecule is O=C(O)C1=CS[C@@H]2/C(=C\c3cn4c(n3)CNCC4)C(=O)N12. The van der Waals surface area contributed by atoms with Crippen LogP contribution in [0, 0.1) is 0 Å². The number of rotatable bonds is 2. The maximum atomic E-state index is 12.1. The molecule has 0 bridgehead atoms. The van der Waals surface area contributed by atoms with Gasteiger partial charge in [-0.05, 0) is 6.08 Å². The average Bonchev–Trinajstić information content (AvgIpc) is 3.05. The van der Waals surface area contributed by atoms with Crippen molar-refractivity contribution in [3.63, 3.8) is 0 Å². The molecule has 4 rings (SSSR count). The van der Waals surface area contributed by atoms with Crippen LogP contribution in [0.25, 0.3) is 6.08 Å². The van der Waals surface area contributed by atoms with Crippen molar-refractivity contribution < 1.29 is 14.7 Å².